The molecular formula is C24H30N4O3S. The van der Waals surface area contributed by atoms with Crippen molar-refractivity contribution < 1.29 is 14.3 Å². The molecule has 3 aromatic rings. The zero-order valence-electron chi connectivity index (χ0n) is 19.2. The summed E-state index contributed by atoms with van der Waals surface area (Å²) in [6.45, 7) is 11.2. The van der Waals surface area contributed by atoms with Crippen LogP contribution in [-0.2, 0) is 11.3 Å². The second-order valence-electron chi connectivity index (χ2n) is 7.43. The Morgan fingerprint density at radius 2 is 1.84 bits per heavy atom. The van der Waals surface area contributed by atoms with Crippen LogP contribution >= 0.6 is 11.8 Å². The van der Waals surface area contributed by atoms with Gasteiger partial charge in [-0.05, 0) is 70.0 Å². The number of anilines is 1. The molecule has 1 unspecified atom stereocenters. The summed E-state index contributed by atoms with van der Waals surface area (Å²) in [5.74, 6) is 2.28. The number of thioether (sulfide) groups is 1. The van der Waals surface area contributed by atoms with Crippen LogP contribution in [0.15, 0.2) is 47.6 Å². The maximum atomic E-state index is 12.5. The second kappa shape index (κ2) is 11.0. The predicted octanol–water partition coefficient (Wildman–Crippen LogP) is 5.18. The largest absolute Gasteiger partial charge is 0.492 e. The number of ether oxygens (including phenoxy) is 2. The van der Waals surface area contributed by atoms with E-state index in [1.165, 1.54) is 11.8 Å². The maximum Gasteiger partial charge on any atom is 0.234 e. The molecule has 8 heteroatoms. The molecule has 32 heavy (non-hydrogen) atoms. The normalized spacial score (nSPS) is 11.8. The van der Waals surface area contributed by atoms with E-state index in [4.69, 9.17) is 9.47 Å². The Labute approximate surface area is 193 Å². The van der Waals surface area contributed by atoms with Crippen LogP contribution in [0.25, 0.3) is 0 Å². The number of rotatable bonds is 10. The Morgan fingerprint density at radius 3 is 2.53 bits per heavy atom. The smallest absolute Gasteiger partial charge is 0.234 e. The van der Waals surface area contributed by atoms with Gasteiger partial charge < -0.3 is 19.4 Å². The fourth-order valence-corrected chi connectivity index (χ4v) is 4.24. The molecule has 0 radical (unpaired) electrons. The Morgan fingerprint density at radius 1 is 1.12 bits per heavy atom. The molecule has 0 saturated heterocycles. The number of aromatic nitrogens is 3. The Hall–Kier alpha value is -3.00. The highest BCUT2D eigenvalue weighted by atomic mass is 32.2. The Kier molecular flexibility index (Phi) is 8.16. The molecule has 0 aliphatic rings. The molecule has 1 aromatic heterocycles. The summed E-state index contributed by atoms with van der Waals surface area (Å²) in [5, 5.41) is 12.2. The van der Waals surface area contributed by atoms with Crippen molar-refractivity contribution in [2.75, 3.05) is 17.7 Å². The van der Waals surface area contributed by atoms with E-state index in [9.17, 15) is 4.79 Å². The minimum atomic E-state index is -0.273. The molecule has 0 spiro atoms. The third-order valence-corrected chi connectivity index (χ3v) is 5.69. The first-order valence-electron chi connectivity index (χ1n) is 10.7. The number of aryl methyl sites for hydroxylation is 2. The van der Waals surface area contributed by atoms with Gasteiger partial charge in [-0.2, -0.15) is 0 Å². The van der Waals surface area contributed by atoms with Crippen LogP contribution in [0.3, 0.4) is 0 Å². The second-order valence-corrected chi connectivity index (χ2v) is 8.38. The summed E-state index contributed by atoms with van der Waals surface area (Å²) in [5.41, 5.74) is 2.96. The molecule has 7 nitrogen and oxygen atoms in total. The number of hydrogen-bond acceptors (Lipinski definition) is 6. The molecule has 3 rings (SSSR count). The van der Waals surface area contributed by atoms with E-state index in [1.807, 2.05) is 75.6 Å². The summed E-state index contributed by atoms with van der Waals surface area (Å²) in [4.78, 5) is 12.5. The van der Waals surface area contributed by atoms with Crippen LogP contribution in [0.1, 0.15) is 43.8 Å². The van der Waals surface area contributed by atoms with Crippen molar-refractivity contribution in [3.8, 4) is 11.5 Å². The van der Waals surface area contributed by atoms with Crippen molar-refractivity contribution in [1.29, 1.82) is 0 Å². The van der Waals surface area contributed by atoms with Crippen molar-refractivity contribution in [3.63, 3.8) is 0 Å². The minimum absolute atomic E-state index is 0.131. The Bertz CT molecular complexity index is 1050. The van der Waals surface area contributed by atoms with Crippen LogP contribution in [0, 0.1) is 13.8 Å². The van der Waals surface area contributed by atoms with Gasteiger partial charge in [0.1, 0.15) is 11.5 Å². The first kappa shape index (κ1) is 23.7. The molecule has 0 fully saturated rings. The van der Waals surface area contributed by atoms with Crippen molar-refractivity contribution in [3.05, 3.63) is 59.4 Å². The lowest BCUT2D eigenvalue weighted by atomic mass is 10.1. The topological polar surface area (TPSA) is 78.3 Å². The van der Waals surface area contributed by atoms with Crippen molar-refractivity contribution in [1.82, 2.24) is 14.8 Å². The summed E-state index contributed by atoms with van der Waals surface area (Å²) >= 11 is 1.35. The number of amides is 1. The molecule has 170 valence electrons. The maximum absolute atomic E-state index is 12.5. The van der Waals surface area contributed by atoms with Crippen LogP contribution in [0.5, 0.6) is 11.5 Å². The fraction of sp³-hybridized carbons (Fsp3) is 0.375. The molecule has 0 aliphatic heterocycles. The lowest BCUT2D eigenvalue weighted by Crippen LogP contribution is -2.16. The SMILES string of the molecule is CCOc1ccccc1NC(=O)CSc1nnc(C(C)Oc2cc(C)cc(C)c2)n1CC. The van der Waals surface area contributed by atoms with E-state index in [2.05, 4.69) is 21.6 Å². The third kappa shape index (κ3) is 6.03. The van der Waals surface area contributed by atoms with Gasteiger partial charge in [-0.3, -0.25) is 4.79 Å². The first-order valence-corrected chi connectivity index (χ1v) is 11.7. The minimum Gasteiger partial charge on any atom is -0.492 e. The van der Waals surface area contributed by atoms with E-state index in [0.717, 1.165) is 22.7 Å². The highest BCUT2D eigenvalue weighted by Crippen LogP contribution is 2.27. The number of carbonyl (C=O) groups is 1. The molecule has 1 amide bonds. The number of nitrogens with zero attached hydrogens (tertiary/aromatic N) is 3. The van der Waals surface area contributed by atoms with Crippen molar-refractivity contribution in [2.24, 2.45) is 0 Å². The van der Waals surface area contributed by atoms with E-state index in [0.29, 0.717) is 29.7 Å². The van der Waals surface area contributed by atoms with E-state index in [1.54, 1.807) is 0 Å². The van der Waals surface area contributed by atoms with Crippen molar-refractivity contribution in [2.45, 2.75) is 52.4 Å². The van der Waals surface area contributed by atoms with Gasteiger partial charge in [-0.15, -0.1) is 10.2 Å². The predicted molar refractivity (Wildman–Crippen MR) is 128 cm³/mol. The number of para-hydroxylation sites is 2. The molecule has 0 aliphatic carbocycles. The molecule has 1 heterocycles. The summed E-state index contributed by atoms with van der Waals surface area (Å²) in [7, 11) is 0. The highest BCUT2D eigenvalue weighted by Gasteiger charge is 2.20. The van der Waals surface area contributed by atoms with Gasteiger partial charge in [0.15, 0.2) is 17.1 Å². The summed E-state index contributed by atoms with van der Waals surface area (Å²) in [6.07, 6.45) is -0.273. The molecule has 1 atom stereocenters. The number of nitrogens with one attached hydrogen (secondary N) is 1. The monoisotopic (exact) mass is 454 g/mol. The van der Waals surface area contributed by atoms with Gasteiger partial charge in [-0.25, -0.2) is 0 Å². The summed E-state index contributed by atoms with van der Waals surface area (Å²) < 4.78 is 13.7. The zero-order valence-corrected chi connectivity index (χ0v) is 20.0. The van der Waals surface area contributed by atoms with Crippen LogP contribution < -0.4 is 14.8 Å². The van der Waals surface area contributed by atoms with Gasteiger partial charge in [0.2, 0.25) is 5.91 Å². The average molecular weight is 455 g/mol. The highest BCUT2D eigenvalue weighted by molar-refractivity contribution is 7.99. The first-order chi connectivity index (χ1) is 15.4. The quantitative estimate of drug-likeness (QED) is 0.425. The van der Waals surface area contributed by atoms with Gasteiger partial charge in [0, 0.05) is 6.54 Å². The molecular weight excluding hydrogens is 424 g/mol. The van der Waals surface area contributed by atoms with Crippen LogP contribution in [0.4, 0.5) is 5.69 Å². The standard InChI is InChI=1S/C24H30N4O3S/c1-6-28-23(18(5)31-19-13-16(3)12-17(4)14-19)26-27-24(28)32-15-22(29)25-20-10-8-9-11-21(20)30-7-2/h8-14,18H,6-7,15H2,1-5H3,(H,25,29). The van der Waals surface area contributed by atoms with E-state index < -0.39 is 0 Å². The summed E-state index contributed by atoms with van der Waals surface area (Å²) in [6, 6.07) is 13.5. The molecule has 0 saturated carbocycles. The third-order valence-electron chi connectivity index (χ3n) is 4.73. The van der Waals surface area contributed by atoms with Crippen LogP contribution in [-0.4, -0.2) is 33.0 Å². The zero-order chi connectivity index (χ0) is 23.1. The number of hydrogen-bond donors (Lipinski definition) is 1. The van der Waals surface area contributed by atoms with Gasteiger partial charge in [0.05, 0.1) is 18.0 Å². The van der Waals surface area contributed by atoms with Gasteiger partial charge in [-0.1, -0.05) is 30.0 Å². The van der Waals surface area contributed by atoms with Gasteiger partial charge >= 0.3 is 0 Å². The molecule has 2 aromatic carbocycles. The lowest BCUT2D eigenvalue weighted by molar-refractivity contribution is -0.113. The number of benzene rings is 2. The molecule has 0 bridgehead atoms. The van der Waals surface area contributed by atoms with Gasteiger partial charge in [0.25, 0.3) is 0 Å². The van der Waals surface area contributed by atoms with E-state index in [-0.39, 0.29) is 17.8 Å². The lowest BCUT2D eigenvalue weighted by Gasteiger charge is -2.16. The van der Waals surface area contributed by atoms with Crippen molar-refractivity contribution >= 4 is 23.4 Å². The van der Waals surface area contributed by atoms with E-state index >= 15 is 0 Å². The van der Waals surface area contributed by atoms with Crippen LogP contribution in [0.2, 0.25) is 0 Å². The molecule has 1 N–H and O–H groups in total. The average Bonchev–Trinajstić information content (AvgIpc) is 3.16. The Balaban J connectivity index is 1.65. The fourth-order valence-electron chi connectivity index (χ4n) is 3.43. The number of carbonyl (C=O) groups excluding carboxylic acids is 1.